The second-order valence-corrected chi connectivity index (χ2v) is 4.02. The van der Waals surface area contributed by atoms with Gasteiger partial charge in [-0.15, -0.1) is 0 Å². The molecule has 14 heavy (non-hydrogen) atoms. The van der Waals surface area contributed by atoms with Crippen molar-refractivity contribution in [2.75, 3.05) is 26.7 Å². The van der Waals surface area contributed by atoms with E-state index in [4.69, 9.17) is 4.74 Å². The first-order chi connectivity index (χ1) is 6.77. The third-order valence-electron chi connectivity index (χ3n) is 2.87. The van der Waals surface area contributed by atoms with Gasteiger partial charge in [0.05, 0.1) is 13.0 Å². The van der Waals surface area contributed by atoms with Crippen molar-refractivity contribution in [3.63, 3.8) is 0 Å². The molecule has 3 nitrogen and oxygen atoms in total. The summed E-state index contributed by atoms with van der Waals surface area (Å²) in [5, 5.41) is 0. The first-order valence-electron chi connectivity index (χ1n) is 5.58. The Kier molecular flexibility index (Phi) is 4.94. The number of carbonyl (C=O) groups excluding carboxylic acids is 1. The monoisotopic (exact) mass is 199 g/mol. The summed E-state index contributed by atoms with van der Waals surface area (Å²) in [5.74, 6) is 0.0804. The maximum absolute atomic E-state index is 11.3. The van der Waals surface area contributed by atoms with Crippen LogP contribution in [-0.4, -0.2) is 37.6 Å². The number of likely N-dealkylation sites (tertiary alicyclic amines) is 1. The zero-order valence-corrected chi connectivity index (χ0v) is 9.29. The number of hydrogen-bond donors (Lipinski definition) is 0. The van der Waals surface area contributed by atoms with Crippen LogP contribution in [0.2, 0.25) is 0 Å². The Morgan fingerprint density at radius 2 is 2.36 bits per heavy atom. The summed E-state index contributed by atoms with van der Waals surface area (Å²) >= 11 is 0. The SMILES string of the molecule is CCCCN1CCCC(C(=O)OC)C1. The molecular weight excluding hydrogens is 178 g/mol. The van der Waals surface area contributed by atoms with E-state index in [0.717, 1.165) is 32.5 Å². The molecule has 1 unspecified atom stereocenters. The summed E-state index contributed by atoms with van der Waals surface area (Å²) in [6, 6.07) is 0. The van der Waals surface area contributed by atoms with Gasteiger partial charge in [-0.25, -0.2) is 0 Å². The molecule has 0 amide bonds. The summed E-state index contributed by atoms with van der Waals surface area (Å²) in [4.78, 5) is 13.7. The van der Waals surface area contributed by atoms with Crippen LogP contribution in [0.5, 0.6) is 0 Å². The molecule has 0 bridgehead atoms. The number of hydrogen-bond acceptors (Lipinski definition) is 3. The first-order valence-corrected chi connectivity index (χ1v) is 5.58. The van der Waals surface area contributed by atoms with Crippen LogP contribution in [0, 0.1) is 5.92 Å². The molecule has 0 spiro atoms. The van der Waals surface area contributed by atoms with Gasteiger partial charge >= 0.3 is 5.97 Å². The van der Waals surface area contributed by atoms with Crippen molar-refractivity contribution in [2.45, 2.75) is 32.6 Å². The third kappa shape index (κ3) is 3.29. The number of methoxy groups -OCH3 is 1. The molecule has 1 fully saturated rings. The van der Waals surface area contributed by atoms with E-state index in [1.54, 1.807) is 0 Å². The molecule has 0 N–H and O–H groups in total. The summed E-state index contributed by atoms with van der Waals surface area (Å²) < 4.78 is 4.78. The molecular formula is C11H21NO2. The molecule has 3 heteroatoms. The Bertz CT molecular complexity index is 182. The highest BCUT2D eigenvalue weighted by atomic mass is 16.5. The average molecular weight is 199 g/mol. The van der Waals surface area contributed by atoms with Gasteiger partial charge in [-0.05, 0) is 32.4 Å². The van der Waals surface area contributed by atoms with E-state index in [-0.39, 0.29) is 11.9 Å². The molecule has 0 aliphatic carbocycles. The van der Waals surface area contributed by atoms with Crippen LogP contribution in [0.3, 0.4) is 0 Å². The number of unbranched alkanes of at least 4 members (excludes halogenated alkanes) is 1. The lowest BCUT2D eigenvalue weighted by Crippen LogP contribution is -2.39. The Hall–Kier alpha value is -0.570. The van der Waals surface area contributed by atoms with Crippen molar-refractivity contribution >= 4 is 5.97 Å². The van der Waals surface area contributed by atoms with E-state index in [2.05, 4.69) is 11.8 Å². The van der Waals surface area contributed by atoms with E-state index in [0.29, 0.717) is 0 Å². The summed E-state index contributed by atoms with van der Waals surface area (Å²) in [7, 11) is 1.48. The van der Waals surface area contributed by atoms with Gasteiger partial charge in [0, 0.05) is 6.54 Å². The lowest BCUT2D eigenvalue weighted by molar-refractivity contribution is -0.147. The fraction of sp³-hybridized carbons (Fsp3) is 0.909. The van der Waals surface area contributed by atoms with Crippen molar-refractivity contribution in [1.29, 1.82) is 0 Å². The topological polar surface area (TPSA) is 29.5 Å². The summed E-state index contributed by atoms with van der Waals surface area (Å²) in [6.45, 7) is 5.37. The number of carbonyl (C=O) groups is 1. The molecule has 1 heterocycles. The average Bonchev–Trinajstić information content (AvgIpc) is 2.25. The van der Waals surface area contributed by atoms with Gasteiger partial charge in [0.15, 0.2) is 0 Å². The summed E-state index contributed by atoms with van der Waals surface area (Å²) in [5.41, 5.74) is 0. The van der Waals surface area contributed by atoms with Crippen molar-refractivity contribution in [2.24, 2.45) is 5.92 Å². The Balaban J connectivity index is 2.31. The molecule has 1 atom stereocenters. The molecule has 1 aliphatic heterocycles. The molecule has 1 saturated heterocycles. The van der Waals surface area contributed by atoms with Gasteiger partial charge < -0.3 is 9.64 Å². The fourth-order valence-electron chi connectivity index (χ4n) is 2.00. The van der Waals surface area contributed by atoms with E-state index in [1.807, 2.05) is 0 Å². The Morgan fingerprint density at radius 1 is 1.57 bits per heavy atom. The van der Waals surface area contributed by atoms with Crippen LogP contribution in [0.1, 0.15) is 32.6 Å². The number of rotatable bonds is 4. The van der Waals surface area contributed by atoms with Gasteiger partial charge in [-0.1, -0.05) is 13.3 Å². The quantitative estimate of drug-likeness (QED) is 0.645. The normalized spacial score (nSPS) is 23.4. The zero-order valence-electron chi connectivity index (χ0n) is 9.29. The van der Waals surface area contributed by atoms with Gasteiger partial charge in [-0.2, -0.15) is 0 Å². The molecule has 0 saturated carbocycles. The van der Waals surface area contributed by atoms with Crippen LogP contribution in [0.25, 0.3) is 0 Å². The second kappa shape index (κ2) is 6.02. The van der Waals surface area contributed by atoms with Gasteiger partial charge in [0.1, 0.15) is 0 Å². The Labute approximate surface area is 86.4 Å². The third-order valence-corrected chi connectivity index (χ3v) is 2.87. The molecule has 1 rings (SSSR count). The van der Waals surface area contributed by atoms with Crippen molar-refractivity contribution in [3.05, 3.63) is 0 Å². The van der Waals surface area contributed by atoms with Gasteiger partial charge in [0.25, 0.3) is 0 Å². The van der Waals surface area contributed by atoms with Crippen LogP contribution in [-0.2, 0) is 9.53 Å². The van der Waals surface area contributed by atoms with E-state index >= 15 is 0 Å². The number of piperidine rings is 1. The standard InChI is InChI=1S/C11H21NO2/c1-3-4-7-12-8-5-6-10(9-12)11(13)14-2/h10H,3-9H2,1-2H3. The largest absolute Gasteiger partial charge is 0.469 e. The van der Waals surface area contributed by atoms with Crippen molar-refractivity contribution < 1.29 is 9.53 Å². The lowest BCUT2D eigenvalue weighted by atomic mass is 9.98. The number of ether oxygens (including phenoxy) is 1. The first kappa shape index (κ1) is 11.5. The summed E-state index contributed by atoms with van der Waals surface area (Å²) in [6.07, 6.45) is 4.58. The highest BCUT2D eigenvalue weighted by Crippen LogP contribution is 2.17. The van der Waals surface area contributed by atoms with Crippen LogP contribution in [0.4, 0.5) is 0 Å². The second-order valence-electron chi connectivity index (χ2n) is 4.02. The number of esters is 1. The minimum Gasteiger partial charge on any atom is -0.469 e. The minimum atomic E-state index is -0.0359. The molecule has 82 valence electrons. The van der Waals surface area contributed by atoms with E-state index < -0.39 is 0 Å². The van der Waals surface area contributed by atoms with Crippen LogP contribution < -0.4 is 0 Å². The lowest BCUT2D eigenvalue weighted by Gasteiger charge is -2.31. The molecule has 0 aromatic rings. The van der Waals surface area contributed by atoms with E-state index in [9.17, 15) is 4.79 Å². The highest BCUT2D eigenvalue weighted by Gasteiger charge is 2.25. The smallest absolute Gasteiger partial charge is 0.309 e. The zero-order chi connectivity index (χ0) is 10.4. The molecule has 0 radical (unpaired) electrons. The molecule has 0 aromatic carbocycles. The number of nitrogens with zero attached hydrogens (tertiary/aromatic N) is 1. The maximum Gasteiger partial charge on any atom is 0.309 e. The van der Waals surface area contributed by atoms with Gasteiger partial charge in [0.2, 0.25) is 0 Å². The van der Waals surface area contributed by atoms with E-state index in [1.165, 1.54) is 20.0 Å². The van der Waals surface area contributed by atoms with Crippen molar-refractivity contribution in [1.82, 2.24) is 4.90 Å². The fourth-order valence-corrected chi connectivity index (χ4v) is 2.00. The van der Waals surface area contributed by atoms with Crippen molar-refractivity contribution in [3.8, 4) is 0 Å². The Morgan fingerprint density at radius 3 is 3.00 bits per heavy atom. The van der Waals surface area contributed by atoms with Crippen LogP contribution >= 0.6 is 0 Å². The molecule has 1 aliphatic rings. The van der Waals surface area contributed by atoms with Gasteiger partial charge in [-0.3, -0.25) is 4.79 Å². The molecule has 0 aromatic heterocycles. The van der Waals surface area contributed by atoms with Crippen LogP contribution in [0.15, 0.2) is 0 Å². The predicted molar refractivity (Wildman–Crippen MR) is 56.1 cm³/mol. The highest BCUT2D eigenvalue weighted by molar-refractivity contribution is 5.72. The minimum absolute atomic E-state index is 0.0359. The maximum atomic E-state index is 11.3. The predicted octanol–water partition coefficient (Wildman–Crippen LogP) is 1.67.